The monoisotopic (exact) mass is 286 g/mol. The molecule has 0 N–H and O–H groups in total. The van der Waals surface area contributed by atoms with Gasteiger partial charge < -0.3 is 0 Å². The first kappa shape index (κ1) is 13.1. The molecule has 1 aromatic rings. The summed E-state index contributed by atoms with van der Waals surface area (Å²) in [5.74, 6) is 0.171. The van der Waals surface area contributed by atoms with Crippen molar-refractivity contribution in [3.63, 3.8) is 0 Å². The van der Waals surface area contributed by atoms with Gasteiger partial charge >= 0.3 is 0 Å². The Bertz CT molecular complexity index is 396. The lowest BCUT2D eigenvalue weighted by atomic mass is 10.0. The van der Waals surface area contributed by atoms with Crippen LogP contribution in [0, 0.1) is 17.0 Å². The number of aromatic nitrogens is 1. The van der Waals surface area contributed by atoms with Gasteiger partial charge in [-0.25, -0.2) is 0 Å². The summed E-state index contributed by atoms with van der Waals surface area (Å²) < 4.78 is 0. The summed E-state index contributed by atoms with van der Waals surface area (Å²) >= 11 is 3.55. The van der Waals surface area contributed by atoms with Crippen LogP contribution in [0.5, 0.6) is 0 Å². The highest BCUT2D eigenvalue weighted by atomic mass is 79.9. The van der Waals surface area contributed by atoms with Gasteiger partial charge in [0.15, 0.2) is 0 Å². The van der Waals surface area contributed by atoms with E-state index < -0.39 is 0 Å². The van der Waals surface area contributed by atoms with E-state index in [9.17, 15) is 10.1 Å². The summed E-state index contributed by atoms with van der Waals surface area (Å²) in [5, 5.41) is 10.8. The van der Waals surface area contributed by atoms with E-state index in [1.54, 1.807) is 19.2 Å². The zero-order chi connectivity index (χ0) is 12.3. The van der Waals surface area contributed by atoms with Gasteiger partial charge in [-0.2, -0.15) is 0 Å². The Hall–Kier alpha value is -0.970. The van der Waals surface area contributed by atoms with E-state index in [0.29, 0.717) is 10.4 Å². The minimum absolute atomic E-state index is 0.146. The van der Waals surface area contributed by atoms with Crippen LogP contribution >= 0.6 is 15.9 Å². The number of aryl methyl sites for hydroxylation is 1. The van der Waals surface area contributed by atoms with Crippen LogP contribution in [0.25, 0.3) is 0 Å². The Morgan fingerprint density at radius 2 is 2.25 bits per heavy atom. The molecule has 0 amide bonds. The fraction of sp³-hybridized carbons (Fsp3) is 0.545. The molecule has 0 aromatic carbocycles. The second-order valence-electron chi connectivity index (χ2n) is 3.87. The van der Waals surface area contributed by atoms with E-state index in [4.69, 9.17) is 0 Å². The van der Waals surface area contributed by atoms with Gasteiger partial charge in [-0.1, -0.05) is 29.8 Å². The van der Waals surface area contributed by atoms with Gasteiger partial charge in [0, 0.05) is 28.6 Å². The topological polar surface area (TPSA) is 56.0 Å². The average Bonchev–Trinajstić information content (AvgIpc) is 2.27. The molecule has 16 heavy (non-hydrogen) atoms. The minimum Gasteiger partial charge on any atom is -0.260 e. The van der Waals surface area contributed by atoms with Crippen molar-refractivity contribution in [1.82, 2.24) is 4.98 Å². The lowest BCUT2D eigenvalue weighted by Crippen LogP contribution is -2.10. The lowest BCUT2D eigenvalue weighted by Gasteiger charge is -2.16. The Morgan fingerprint density at radius 1 is 1.62 bits per heavy atom. The molecule has 0 aliphatic rings. The van der Waals surface area contributed by atoms with Crippen LogP contribution in [0.4, 0.5) is 5.69 Å². The molecule has 0 saturated carbocycles. The number of pyridine rings is 1. The highest BCUT2D eigenvalue weighted by Crippen LogP contribution is 2.28. The molecule has 1 heterocycles. The van der Waals surface area contributed by atoms with E-state index in [0.717, 1.165) is 12.1 Å². The maximum atomic E-state index is 10.8. The standard InChI is InChI=1S/C11H15BrN2O2/c1-4-9(12)8(3)10-5-11(14(15)16)7(2)6-13-10/h5-6,8-9H,4H2,1-3H3. The zero-order valence-corrected chi connectivity index (χ0v) is 11.2. The number of nitro groups is 1. The van der Waals surface area contributed by atoms with Gasteiger partial charge in [0.1, 0.15) is 0 Å². The molecule has 0 fully saturated rings. The summed E-state index contributed by atoms with van der Waals surface area (Å²) in [6.07, 6.45) is 2.53. The molecule has 88 valence electrons. The van der Waals surface area contributed by atoms with Crippen LogP contribution in [0.1, 0.15) is 37.4 Å². The second kappa shape index (κ2) is 5.39. The number of rotatable bonds is 4. The number of hydrogen-bond donors (Lipinski definition) is 0. The predicted molar refractivity (Wildman–Crippen MR) is 67.0 cm³/mol. The van der Waals surface area contributed by atoms with E-state index >= 15 is 0 Å². The van der Waals surface area contributed by atoms with Gasteiger partial charge in [-0.05, 0) is 13.3 Å². The van der Waals surface area contributed by atoms with Crippen LogP contribution in [-0.4, -0.2) is 14.7 Å². The van der Waals surface area contributed by atoms with Crippen LogP contribution < -0.4 is 0 Å². The van der Waals surface area contributed by atoms with Crippen LogP contribution in [0.2, 0.25) is 0 Å². The normalized spacial score (nSPS) is 14.5. The van der Waals surface area contributed by atoms with Crippen molar-refractivity contribution in [2.24, 2.45) is 0 Å². The maximum Gasteiger partial charge on any atom is 0.275 e. The van der Waals surface area contributed by atoms with Crippen molar-refractivity contribution < 1.29 is 4.92 Å². The van der Waals surface area contributed by atoms with Crippen LogP contribution in [0.15, 0.2) is 12.3 Å². The molecular weight excluding hydrogens is 272 g/mol. The Kier molecular flexibility index (Phi) is 4.41. The number of halogens is 1. The van der Waals surface area contributed by atoms with Gasteiger partial charge in [0.25, 0.3) is 5.69 Å². The van der Waals surface area contributed by atoms with Crippen molar-refractivity contribution in [2.75, 3.05) is 0 Å². The van der Waals surface area contributed by atoms with E-state index in [1.165, 1.54) is 0 Å². The van der Waals surface area contributed by atoms with Crippen molar-refractivity contribution >= 4 is 21.6 Å². The summed E-state index contributed by atoms with van der Waals surface area (Å²) in [6.45, 7) is 5.79. The third-order valence-corrected chi connectivity index (χ3v) is 4.13. The van der Waals surface area contributed by atoms with Crippen molar-refractivity contribution in [3.05, 3.63) is 33.6 Å². The molecule has 2 unspecified atom stereocenters. The third kappa shape index (κ3) is 2.78. The summed E-state index contributed by atoms with van der Waals surface area (Å²) in [5.41, 5.74) is 1.51. The fourth-order valence-electron chi connectivity index (χ4n) is 1.51. The summed E-state index contributed by atoms with van der Waals surface area (Å²) in [6, 6.07) is 1.57. The Labute approximate surface area is 103 Å². The number of nitrogens with zero attached hydrogens (tertiary/aromatic N) is 2. The quantitative estimate of drug-likeness (QED) is 0.483. The first-order chi connectivity index (χ1) is 7.47. The highest BCUT2D eigenvalue weighted by molar-refractivity contribution is 9.09. The van der Waals surface area contributed by atoms with Crippen molar-refractivity contribution in [3.8, 4) is 0 Å². The van der Waals surface area contributed by atoms with E-state index in [-0.39, 0.29) is 16.5 Å². The molecule has 1 rings (SSSR count). The molecule has 4 nitrogen and oxygen atoms in total. The molecule has 0 aliphatic carbocycles. The molecule has 0 aliphatic heterocycles. The molecule has 1 aromatic heterocycles. The molecule has 5 heteroatoms. The van der Waals surface area contributed by atoms with E-state index in [1.807, 2.05) is 6.92 Å². The Morgan fingerprint density at radius 3 is 2.75 bits per heavy atom. The maximum absolute atomic E-state index is 10.8. The largest absolute Gasteiger partial charge is 0.275 e. The Balaban J connectivity index is 3.07. The predicted octanol–water partition coefficient (Wildman–Crippen LogP) is 3.58. The van der Waals surface area contributed by atoms with Gasteiger partial charge in [0.2, 0.25) is 0 Å². The first-order valence-corrected chi connectivity index (χ1v) is 6.14. The molecule has 2 atom stereocenters. The minimum atomic E-state index is -0.359. The third-order valence-electron chi connectivity index (χ3n) is 2.69. The fourth-order valence-corrected chi connectivity index (χ4v) is 1.78. The molecule has 0 radical (unpaired) electrons. The van der Waals surface area contributed by atoms with Crippen LogP contribution in [0.3, 0.4) is 0 Å². The molecule has 0 bridgehead atoms. The summed E-state index contributed by atoms with van der Waals surface area (Å²) in [4.78, 5) is 15.0. The summed E-state index contributed by atoms with van der Waals surface area (Å²) in [7, 11) is 0. The smallest absolute Gasteiger partial charge is 0.260 e. The van der Waals surface area contributed by atoms with Crippen LogP contribution in [-0.2, 0) is 0 Å². The zero-order valence-electron chi connectivity index (χ0n) is 9.61. The van der Waals surface area contributed by atoms with Crippen molar-refractivity contribution in [1.29, 1.82) is 0 Å². The number of hydrogen-bond acceptors (Lipinski definition) is 3. The van der Waals surface area contributed by atoms with Gasteiger partial charge in [-0.15, -0.1) is 0 Å². The molecule has 0 spiro atoms. The average molecular weight is 287 g/mol. The van der Waals surface area contributed by atoms with Crippen molar-refractivity contribution in [2.45, 2.75) is 37.9 Å². The lowest BCUT2D eigenvalue weighted by molar-refractivity contribution is -0.385. The molecule has 0 saturated heterocycles. The highest BCUT2D eigenvalue weighted by Gasteiger charge is 2.19. The van der Waals surface area contributed by atoms with Gasteiger partial charge in [0.05, 0.1) is 10.6 Å². The first-order valence-electron chi connectivity index (χ1n) is 5.22. The number of alkyl halides is 1. The second-order valence-corrected chi connectivity index (χ2v) is 5.04. The van der Waals surface area contributed by atoms with E-state index in [2.05, 4.69) is 27.8 Å². The molecular formula is C11H15BrN2O2. The van der Waals surface area contributed by atoms with Gasteiger partial charge in [-0.3, -0.25) is 15.1 Å². The SMILES string of the molecule is CCC(Br)C(C)c1cc([N+](=O)[O-])c(C)cn1.